The van der Waals surface area contributed by atoms with Crippen molar-refractivity contribution >= 4 is 6.09 Å². The maximum atomic E-state index is 12.0. The Labute approximate surface area is 143 Å². The quantitative estimate of drug-likeness (QED) is 0.814. The molecule has 0 aliphatic heterocycles. The topological polar surface area (TPSA) is 73.1 Å². The standard InChI is InChI=1S/C17H23N5O2/c1-4-10-21(2)17(23)24-11-15-16(19-20-22(15)3)14-7-5-6-13(18-14)12-8-9-12/h5-7,12H,4,8-11H2,1-3H3/i6D. The van der Waals surface area contributed by atoms with Crippen molar-refractivity contribution in [3.05, 3.63) is 29.6 Å². The minimum Gasteiger partial charge on any atom is -0.443 e. The molecule has 1 fully saturated rings. The molecular formula is C17H23N5O2. The molecule has 2 aromatic heterocycles. The van der Waals surface area contributed by atoms with Gasteiger partial charge < -0.3 is 9.64 Å². The summed E-state index contributed by atoms with van der Waals surface area (Å²) in [5.41, 5.74) is 2.76. The summed E-state index contributed by atoms with van der Waals surface area (Å²) < 4.78 is 15.0. The number of aryl methyl sites for hydroxylation is 1. The number of carbonyl (C=O) groups excluding carboxylic acids is 1. The molecule has 24 heavy (non-hydrogen) atoms. The Bertz CT molecular complexity index is 772. The third kappa shape index (κ3) is 3.55. The Morgan fingerprint density at radius 2 is 2.33 bits per heavy atom. The molecule has 0 aromatic carbocycles. The van der Waals surface area contributed by atoms with Crippen molar-refractivity contribution in [2.75, 3.05) is 13.6 Å². The Hall–Kier alpha value is -2.44. The molecule has 0 saturated heterocycles. The van der Waals surface area contributed by atoms with E-state index in [1.54, 1.807) is 35.8 Å². The number of hydrogen-bond donors (Lipinski definition) is 0. The van der Waals surface area contributed by atoms with Gasteiger partial charge >= 0.3 is 6.09 Å². The van der Waals surface area contributed by atoms with Crippen LogP contribution in [0.2, 0.25) is 0 Å². The Morgan fingerprint density at radius 1 is 1.54 bits per heavy atom. The summed E-state index contributed by atoms with van der Waals surface area (Å²) in [5, 5.41) is 8.22. The maximum Gasteiger partial charge on any atom is 0.409 e. The monoisotopic (exact) mass is 330 g/mol. The first-order chi connectivity index (χ1) is 12.0. The molecule has 2 aromatic rings. The zero-order valence-corrected chi connectivity index (χ0v) is 14.3. The van der Waals surface area contributed by atoms with E-state index in [-0.39, 0.29) is 12.7 Å². The van der Waals surface area contributed by atoms with Crippen molar-refractivity contribution in [1.29, 1.82) is 0 Å². The number of aromatic nitrogens is 4. The van der Waals surface area contributed by atoms with Gasteiger partial charge in [-0.25, -0.2) is 9.48 Å². The highest BCUT2D eigenvalue weighted by molar-refractivity contribution is 5.67. The fourth-order valence-electron chi connectivity index (χ4n) is 2.51. The van der Waals surface area contributed by atoms with E-state index < -0.39 is 0 Å². The van der Waals surface area contributed by atoms with Crippen LogP contribution in [0.4, 0.5) is 4.79 Å². The Kier molecular flexibility index (Phi) is 4.40. The van der Waals surface area contributed by atoms with E-state index >= 15 is 0 Å². The van der Waals surface area contributed by atoms with E-state index in [9.17, 15) is 4.79 Å². The number of nitrogens with zero attached hydrogens (tertiary/aromatic N) is 5. The van der Waals surface area contributed by atoms with Crippen molar-refractivity contribution in [1.82, 2.24) is 24.9 Å². The summed E-state index contributed by atoms with van der Waals surface area (Å²) in [6.07, 6.45) is 2.66. The third-order valence-corrected chi connectivity index (χ3v) is 4.07. The van der Waals surface area contributed by atoms with E-state index in [1.807, 2.05) is 6.92 Å². The predicted molar refractivity (Wildman–Crippen MR) is 89.3 cm³/mol. The van der Waals surface area contributed by atoms with Crippen LogP contribution in [0.15, 0.2) is 18.2 Å². The molecule has 1 saturated carbocycles. The smallest absolute Gasteiger partial charge is 0.409 e. The molecule has 0 atom stereocenters. The van der Waals surface area contributed by atoms with Crippen LogP contribution < -0.4 is 0 Å². The average molecular weight is 330 g/mol. The van der Waals surface area contributed by atoms with Crippen LogP contribution in [-0.2, 0) is 18.4 Å². The molecule has 0 unspecified atom stereocenters. The molecule has 1 aliphatic carbocycles. The van der Waals surface area contributed by atoms with Gasteiger partial charge in [-0.3, -0.25) is 4.98 Å². The summed E-state index contributed by atoms with van der Waals surface area (Å²) in [4.78, 5) is 18.2. The highest BCUT2D eigenvalue weighted by Gasteiger charge is 2.26. The molecule has 3 rings (SSSR count). The van der Waals surface area contributed by atoms with Crippen molar-refractivity contribution in [3.63, 3.8) is 0 Å². The van der Waals surface area contributed by atoms with E-state index in [2.05, 4.69) is 15.3 Å². The number of amides is 1. The molecule has 0 spiro atoms. The molecule has 2 heterocycles. The molecular weight excluding hydrogens is 306 g/mol. The molecule has 0 radical (unpaired) electrons. The van der Waals surface area contributed by atoms with Gasteiger partial charge in [0.25, 0.3) is 0 Å². The molecule has 7 nitrogen and oxygen atoms in total. The SMILES string of the molecule is [2H]c1ccc(-c2nnn(C)c2COC(=O)N(C)CCC)nc1C1CC1. The lowest BCUT2D eigenvalue weighted by Gasteiger charge is -2.16. The summed E-state index contributed by atoms with van der Waals surface area (Å²) >= 11 is 0. The number of hydrogen-bond acceptors (Lipinski definition) is 5. The first kappa shape index (κ1) is 15.1. The number of ether oxygens (including phenoxy) is 1. The van der Waals surface area contributed by atoms with Crippen LogP contribution in [-0.4, -0.2) is 44.6 Å². The van der Waals surface area contributed by atoms with Gasteiger partial charge in [0.15, 0.2) is 0 Å². The van der Waals surface area contributed by atoms with Crippen LogP contribution in [0, 0.1) is 0 Å². The molecule has 1 aliphatic rings. The van der Waals surface area contributed by atoms with Gasteiger partial charge in [0.05, 0.1) is 7.06 Å². The lowest BCUT2D eigenvalue weighted by atomic mass is 10.2. The minimum absolute atomic E-state index is 0.0782. The highest BCUT2D eigenvalue weighted by atomic mass is 16.6. The summed E-state index contributed by atoms with van der Waals surface area (Å²) in [6.45, 7) is 2.73. The van der Waals surface area contributed by atoms with E-state index in [1.165, 1.54) is 0 Å². The van der Waals surface area contributed by atoms with Gasteiger partial charge in [0.2, 0.25) is 0 Å². The lowest BCUT2D eigenvalue weighted by molar-refractivity contribution is 0.103. The largest absolute Gasteiger partial charge is 0.443 e. The Morgan fingerprint density at radius 3 is 3.04 bits per heavy atom. The van der Waals surface area contributed by atoms with Gasteiger partial charge in [0, 0.05) is 32.3 Å². The Balaban J connectivity index is 1.80. The fourth-order valence-corrected chi connectivity index (χ4v) is 2.51. The summed E-state index contributed by atoms with van der Waals surface area (Å²) in [7, 11) is 3.47. The van der Waals surface area contributed by atoms with E-state index in [0.717, 1.165) is 25.0 Å². The molecule has 128 valence electrons. The molecule has 0 bridgehead atoms. The zero-order chi connectivity index (χ0) is 18.0. The van der Waals surface area contributed by atoms with Crippen LogP contribution in [0.3, 0.4) is 0 Å². The maximum absolute atomic E-state index is 12.0. The summed E-state index contributed by atoms with van der Waals surface area (Å²) in [6, 6.07) is 3.98. The van der Waals surface area contributed by atoms with Gasteiger partial charge in [0.1, 0.15) is 18.0 Å². The van der Waals surface area contributed by atoms with Crippen LogP contribution in [0.5, 0.6) is 0 Å². The first-order valence-corrected chi connectivity index (χ1v) is 8.25. The van der Waals surface area contributed by atoms with Crippen LogP contribution in [0.25, 0.3) is 11.4 Å². The normalized spacial score (nSPS) is 14.4. The van der Waals surface area contributed by atoms with Crippen molar-refractivity contribution in [2.45, 2.75) is 38.7 Å². The number of carbonyl (C=O) groups is 1. The van der Waals surface area contributed by atoms with Gasteiger partial charge in [-0.15, -0.1) is 5.10 Å². The third-order valence-electron chi connectivity index (χ3n) is 4.07. The average Bonchev–Trinajstić information content (AvgIpc) is 3.37. The number of rotatable bonds is 6. The fraction of sp³-hybridized carbons (Fsp3) is 0.529. The van der Waals surface area contributed by atoms with Crippen molar-refractivity contribution in [2.24, 2.45) is 7.05 Å². The van der Waals surface area contributed by atoms with Crippen LogP contribution >= 0.6 is 0 Å². The second-order valence-corrected chi connectivity index (χ2v) is 6.12. The lowest BCUT2D eigenvalue weighted by Crippen LogP contribution is -2.28. The number of pyridine rings is 1. The predicted octanol–water partition coefficient (Wildman–Crippen LogP) is 2.73. The van der Waals surface area contributed by atoms with Crippen molar-refractivity contribution in [3.8, 4) is 11.4 Å². The minimum atomic E-state index is -0.373. The second kappa shape index (κ2) is 6.98. The van der Waals surface area contributed by atoms with Crippen LogP contribution in [0.1, 0.15) is 44.9 Å². The zero-order valence-electron chi connectivity index (χ0n) is 15.3. The second-order valence-electron chi connectivity index (χ2n) is 6.12. The van der Waals surface area contributed by atoms with Gasteiger partial charge in [-0.05, 0) is 31.4 Å². The van der Waals surface area contributed by atoms with Gasteiger partial charge in [-0.2, -0.15) is 0 Å². The van der Waals surface area contributed by atoms with Gasteiger partial charge in [-0.1, -0.05) is 18.2 Å². The molecule has 0 N–H and O–H groups in total. The van der Waals surface area contributed by atoms with E-state index in [4.69, 9.17) is 6.11 Å². The first-order valence-electron chi connectivity index (χ1n) is 8.75. The molecule has 1 amide bonds. The summed E-state index contributed by atoms with van der Waals surface area (Å²) in [5.74, 6) is 0.382. The van der Waals surface area contributed by atoms with E-state index in [0.29, 0.717) is 35.6 Å². The van der Waals surface area contributed by atoms with Crippen molar-refractivity contribution < 1.29 is 10.9 Å². The molecule has 7 heteroatoms. The highest BCUT2D eigenvalue weighted by Crippen LogP contribution is 2.39.